The Morgan fingerprint density at radius 1 is 1.86 bits per heavy atom. The molecule has 2 atom stereocenters. The zero-order valence-electron chi connectivity index (χ0n) is 4.00. The van der Waals surface area contributed by atoms with Crippen molar-refractivity contribution in [3.8, 4) is 0 Å². The molecule has 1 saturated heterocycles. The lowest BCUT2D eigenvalue weighted by Crippen LogP contribution is -1.94. The number of hydrogen-bond donors (Lipinski definition) is 1. The van der Waals surface area contributed by atoms with Gasteiger partial charge >= 0.3 is 0 Å². The lowest BCUT2D eigenvalue weighted by Gasteiger charge is -1.74. The number of epoxide rings is 1. The van der Waals surface area contributed by atoms with Gasteiger partial charge in [-0.25, -0.2) is 0 Å². The molecule has 1 aliphatic heterocycles. The summed E-state index contributed by atoms with van der Waals surface area (Å²) in [7, 11) is 0. The number of rotatable bonds is 2. The number of aliphatic hydroxyl groups excluding tert-OH is 1. The Balaban J connectivity index is 2.17. The smallest absolute Gasteiger partial charge is 0.111 e. The maximum Gasteiger partial charge on any atom is 0.111 e. The standard InChI is InChI=1S/C5H8O2/c1-2-4-5(3-6)7-4/h2,4-6H,1,3H2/t4-,5-/m0/s1/i3+1,4+1,5+1. The van der Waals surface area contributed by atoms with Gasteiger partial charge in [-0.15, -0.1) is 6.58 Å². The molecule has 2 heteroatoms. The molecule has 1 N–H and O–H groups in total. The van der Waals surface area contributed by atoms with Crippen molar-refractivity contribution in [3.63, 3.8) is 0 Å². The molecule has 0 aromatic heterocycles. The fourth-order valence-electron chi connectivity index (χ4n) is 0.511. The fourth-order valence-corrected chi connectivity index (χ4v) is 0.511. The average Bonchev–Trinajstić information content (AvgIpc) is 2.43. The van der Waals surface area contributed by atoms with E-state index in [1.165, 1.54) is 0 Å². The molecule has 0 spiro atoms. The molecule has 0 aromatic carbocycles. The minimum Gasteiger partial charge on any atom is -0.394 e. The Morgan fingerprint density at radius 2 is 2.57 bits per heavy atom. The van der Waals surface area contributed by atoms with Crippen LogP contribution in [-0.4, -0.2) is 23.9 Å². The molecule has 1 heterocycles. The van der Waals surface area contributed by atoms with Gasteiger partial charge in [-0.05, 0) is 0 Å². The molecule has 2 nitrogen and oxygen atoms in total. The maximum absolute atomic E-state index is 8.33. The monoisotopic (exact) mass is 103 g/mol. The van der Waals surface area contributed by atoms with Gasteiger partial charge in [0, 0.05) is 0 Å². The van der Waals surface area contributed by atoms with E-state index in [1.807, 2.05) is 0 Å². The third-order valence-corrected chi connectivity index (χ3v) is 1.03. The Labute approximate surface area is 42.4 Å². The van der Waals surface area contributed by atoms with Crippen LogP contribution in [0, 0.1) is 0 Å². The van der Waals surface area contributed by atoms with E-state index in [0.717, 1.165) is 0 Å². The zero-order valence-corrected chi connectivity index (χ0v) is 4.00. The summed E-state index contributed by atoms with van der Waals surface area (Å²) in [6.07, 6.45) is 1.88. The Morgan fingerprint density at radius 3 is 2.71 bits per heavy atom. The lowest BCUT2D eigenvalue weighted by atomic mass is 10.9. The van der Waals surface area contributed by atoms with Crippen molar-refractivity contribution in [2.24, 2.45) is 0 Å². The van der Waals surface area contributed by atoms with Gasteiger partial charge in [0.2, 0.25) is 0 Å². The van der Waals surface area contributed by atoms with Crippen LogP contribution in [0.3, 0.4) is 0 Å². The summed E-state index contributed by atoms with van der Waals surface area (Å²) in [6, 6.07) is 0. The first kappa shape index (κ1) is 4.81. The second-order valence-corrected chi connectivity index (χ2v) is 1.56. The van der Waals surface area contributed by atoms with Crippen LogP contribution < -0.4 is 0 Å². The predicted octanol–water partition coefficient (Wildman–Crippen LogP) is -0.0679. The van der Waals surface area contributed by atoms with Crippen molar-refractivity contribution < 1.29 is 9.84 Å². The van der Waals surface area contributed by atoms with Gasteiger partial charge < -0.3 is 9.84 Å². The van der Waals surface area contributed by atoms with Crippen LogP contribution in [0.1, 0.15) is 0 Å². The molecular weight excluding hydrogens is 95.0 g/mol. The zero-order chi connectivity index (χ0) is 5.28. The van der Waals surface area contributed by atoms with E-state index >= 15 is 0 Å². The normalized spacial score (nSPS) is 37.9. The first-order valence-corrected chi connectivity index (χ1v) is 2.27. The van der Waals surface area contributed by atoms with Crippen LogP contribution in [0.2, 0.25) is 0 Å². The van der Waals surface area contributed by atoms with Crippen molar-refractivity contribution in [2.75, 3.05) is 6.61 Å². The number of aliphatic hydroxyl groups is 1. The van der Waals surface area contributed by atoms with Crippen LogP contribution >= 0.6 is 0 Å². The van der Waals surface area contributed by atoms with Gasteiger partial charge in [-0.2, -0.15) is 0 Å². The molecule has 0 aromatic rings. The highest BCUT2D eigenvalue weighted by Gasteiger charge is 2.34. The van der Waals surface area contributed by atoms with E-state index in [1.54, 1.807) is 6.08 Å². The maximum atomic E-state index is 8.33. The van der Waals surface area contributed by atoms with Gasteiger partial charge in [0.25, 0.3) is 0 Å². The van der Waals surface area contributed by atoms with E-state index in [2.05, 4.69) is 6.58 Å². The predicted molar refractivity (Wildman–Crippen MR) is 25.9 cm³/mol. The van der Waals surface area contributed by atoms with Crippen LogP contribution in [0.25, 0.3) is 0 Å². The largest absolute Gasteiger partial charge is 0.394 e. The summed E-state index contributed by atoms with van der Waals surface area (Å²) < 4.78 is 4.85. The van der Waals surface area contributed by atoms with E-state index in [0.29, 0.717) is 0 Å². The van der Waals surface area contributed by atoms with Crippen molar-refractivity contribution in [1.82, 2.24) is 0 Å². The second kappa shape index (κ2) is 1.64. The molecule has 0 aliphatic carbocycles. The highest BCUT2D eigenvalue weighted by atomic mass is 16.8. The lowest BCUT2D eigenvalue weighted by molar-refractivity contribution is 0.243. The molecule has 1 aliphatic rings. The highest BCUT2D eigenvalue weighted by molar-refractivity contribution is 4.97. The Hall–Kier alpha value is -0.340. The van der Waals surface area contributed by atoms with E-state index in [4.69, 9.17) is 9.84 Å². The summed E-state index contributed by atoms with van der Waals surface area (Å²) in [5, 5.41) is 8.33. The average molecular weight is 103 g/mol. The molecule has 7 heavy (non-hydrogen) atoms. The second-order valence-electron chi connectivity index (χ2n) is 1.56. The van der Waals surface area contributed by atoms with Crippen molar-refractivity contribution in [1.29, 1.82) is 0 Å². The van der Waals surface area contributed by atoms with Gasteiger partial charge in [-0.3, -0.25) is 0 Å². The van der Waals surface area contributed by atoms with E-state index in [-0.39, 0.29) is 18.8 Å². The minimum atomic E-state index is 0.0532. The molecular formula is C5H8O2. The van der Waals surface area contributed by atoms with E-state index < -0.39 is 0 Å². The summed E-state index contributed by atoms with van der Waals surface area (Å²) in [5.41, 5.74) is 0. The van der Waals surface area contributed by atoms with Crippen molar-refractivity contribution >= 4 is 0 Å². The summed E-state index contributed by atoms with van der Waals surface area (Å²) in [6.45, 7) is 3.61. The molecule has 0 unspecified atom stereocenters. The minimum absolute atomic E-state index is 0.0532. The van der Waals surface area contributed by atoms with E-state index in [9.17, 15) is 0 Å². The van der Waals surface area contributed by atoms with Gasteiger partial charge in [0.15, 0.2) is 0 Å². The summed E-state index contributed by atoms with van der Waals surface area (Å²) in [5.74, 6) is 0. The van der Waals surface area contributed by atoms with Crippen molar-refractivity contribution in [2.45, 2.75) is 12.2 Å². The third kappa shape index (κ3) is 0.813. The van der Waals surface area contributed by atoms with Gasteiger partial charge in [0.05, 0.1) is 6.61 Å². The quantitative estimate of drug-likeness (QED) is 0.301. The topological polar surface area (TPSA) is 32.8 Å². The highest BCUT2D eigenvalue weighted by Crippen LogP contribution is 2.20. The first-order chi connectivity index (χ1) is 3.38. The van der Waals surface area contributed by atoms with Gasteiger partial charge in [-0.1, -0.05) is 6.08 Å². The first-order valence-electron chi connectivity index (χ1n) is 2.27. The van der Waals surface area contributed by atoms with Gasteiger partial charge in [0.1, 0.15) is 12.2 Å². The Kier molecular flexibility index (Phi) is 1.13. The number of hydrogen-bond acceptors (Lipinski definition) is 2. The van der Waals surface area contributed by atoms with Crippen LogP contribution in [0.5, 0.6) is 0 Å². The molecule has 0 bridgehead atoms. The molecule has 0 amide bonds. The van der Waals surface area contributed by atoms with Crippen LogP contribution in [0.15, 0.2) is 12.7 Å². The molecule has 1 rings (SSSR count). The molecule has 1 fully saturated rings. The SMILES string of the molecule is C=C[13C@@H]1O[13C@H]1[13CH2]O. The van der Waals surface area contributed by atoms with Crippen LogP contribution in [-0.2, 0) is 4.74 Å². The number of ether oxygens (including phenoxy) is 1. The summed E-state index contributed by atoms with van der Waals surface area (Å²) in [4.78, 5) is 0. The third-order valence-electron chi connectivity index (χ3n) is 1.03. The molecule has 0 radical (unpaired) electrons. The van der Waals surface area contributed by atoms with Crippen LogP contribution in [0.4, 0.5) is 0 Å². The molecule has 0 saturated carbocycles. The Bertz CT molecular complexity index is 80.1. The van der Waals surface area contributed by atoms with Crippen molar-refractivity contribution in [3.05, 3.63) is 12.7 Å². The molecule has 40 valence electrons. The summed E-state index contributed by atoms with van der Waals surface area (Å²) >= 11 is 0. The fraction of sp³-hybridized carbons (Fsp3) is 0.600.